The van der Waals surface area contributed by atoms with E-state index < -0.39 is 0 Å². The predicted octanol–water partition coefficient (Wildman–Crippen LogP) is 2.04. The maximum absolute atomic E-state index is 4.44. The van der Waals surface area contributed by atoms with Crippen LogP contribution in [0, 0.1) is 13.8 Å². The Labute approximate surface area is 97.1 Å². The van der Waals surface area contributed by atoms with Crippen LogP contribution in [0.3, 0.4) is 0 Å². The van der Waals surface area contributed by atoms with E-state index in [-0.39, 0.29) is 0 Å². The summed E-state index contributed by atoms with van der Waals surface area (Å²) < 4.78 is 5.04. The highest BCUT2D eigenvalue weighted by atomic mass is 79.9. The van der Waals surface area contributed by atoms with Crippen LogP contribution in [-0.4, -0.2) is 19.3 Å². The number of hydrogen-bond acceptors (Lipinski definition) is 2. The second kappa shape index (κ2) is 3.81. The number of hydrogen-bond donors (Lipinski definition) is 0. The van der Waals surface area contributed by atoms with Crippen molar-refractivity contribution in [2.45, 2.75) is 20.4 Å². The van der Waals surface area contributed by atoms with E-state index in [4.69, 9.17) is 0 Å². The molecule has 0 saturated carbocycles. The minimum Gasteiger partial charge on any atom is -0.336 e. The normalized spacial score (nSPS) is 10.9. The van der Waals surface area contributed by atoms with E-state index >= 15 is 0 Å². The van der Waals surface area contributed by atoms with Crippen LogP contribution in [0.25, 0.3) is 0 Å². The van der Waals surface area contributed by atoms with Gasteiger partial charge in [0.05, 0.1) is 22.4 Å². The molecule has 0 amide bonds. The summed E-state index contributed by atoms with van der Waals surface area (Å²) in [6, 6.07) is 0. The highest BCUT2D eigenvalue weighted by Crippen LogP contribution is 2.20. The van der Waals surface area contributed by atoms with E-state index in [0.29, 0.717) is 6.54 Å². The molecule has 15 heavy (non-hydrogen) atoms. The van der Waals surface area contributed by atoms with Crippen LogP contribution in [0.4, 0.5) is 0 Å². The molecule has 5 heteroatoms. The van der Waals surface area contributed by atoms with Gasteiger partial charge in [0.25, 0.3) is 0 Å². The molecule has 0 N–H and O–H groups in total. The van der Waals surface area contributed by atoms with Crippen LogP contribution in [0.2, 0.25) is 0 Å². The lowest BCUT2D eigenvalue weighted by Crippen LogP contribution is -2.08. The Morgan fingerprint density at radius 3 is 2.60 bits per heavy atom. The van der Waals surface area contributed by atoms with Gasteiger partial charge in [0.2, 0.25) is 0 Å². The number of rotatable bonds is 2. The quantitative estimate of drug-likeness (QED) is 0.836. The van der Waals surface area contributed by atoms with Gasteiger partial charge in [-0.2, -0.15) is 5.10 Å². The summed E-state index contributed by atoms with van der Waals surface area (Å²) >= 11 is 3.51. The van der Waals surface area contributed by atoms with Crippen molar-refractivity contribution in [1.82, 2.24) is 19.3 Å². The largest absolute Gasteiger partial charge is 0.336 e. The van der Waals surface area contributed by atoms with Crippen LogP contribution in [0.1, 0.15) is 17.2 Å². The summed E-state index contributed by atoms with van der Waals surface area (Å²) in [5.41, 5.74) is 2.15. The van der Waals surface area contributed by atoms with Crippen LogP contribution in [0.5, 0.6) is 0 Å². The molecule has 80 valence electrons. The highest BCUT2D eigenvalue weighted by Gasteiger charge is 2.10. The molecule has 0 aliphatic carbocycles. The fraction of sp³-hybridized carbons (Fsp3) is 0.400. The van der Waals surface area contributed by atoms with Gasteiger partial charge in [0.1, 0.15) is 5.82 Å². The Morgan fingerprint density at radius 1 is 1.40 bits per heavy atom. The van der Waals surface area contributed by atoms with E-state index in [0.717, 1.165) is 21.7 Å². The van der Waals surface area contributed by atoms with Crippen molar-refractivity contribution in [3.8, 4) is 0 Å². The monoisotopic (exact) mass is 268 g/mol. The Balaban J connectivity index is 2.33. The van der Waals surface area contributed by atoms with Crippen molar-refractivity contribution < 1.29 is 0 Å². The van der Waals surface area contributed by atoms with Crippen molar-refractivity contribution >= 4 is 15.9 Å². The van der Waals surface area contributed by atoms with Crippen molar-refractivity contribution in [3.63, 3.8) is 0 Å². The fourth-order valence-corrected chi connectivity index (χ4v) is 1.80. The van der Waals surface area contributed by atoms with Gasteiger partial charge in [-0.15, -0.1) is 0 Å². The fourth-order valence-electron chi connectivity index (χ4n) is 1.51. The summed E-state index contributed by atoms with van der Waals surface area (Å²) in [6.45, 7) is 4.75. The molecule has 0 aliphatic heterocycles. The maximum Gasteiger partial charge on any atom is 0.130 e. The van der Waals surface area contributed by atoms with Gasteiger partial charge in [-0.3, -0.25) is 4.68 Å². The minimum absolute atomic E-state index is 0.710. The molecule has 0 saturated heterocycles. The van der Waals surface area contributed by atoms with E-state index in [1.807, 2.05) is 36.3 Å². The summed E-state index contributed by atoms with van der Waals surface area (Å²) in [6.07, 6.45) is 3.74. The first-order valence-electron chi connectivity index (χ1n) is 4.75. The van der Waals surface area contributed by atoms with Crippen molar-refractivity contribution in [2.24, 2.45) is 7.05 Å². The van der Waals surface area contributed by atoms with Gasteiger partial charge in [0.15, 0.2) is 0 Å². The zero-order chi connectivity index (χ0) is 11.0. The molecule has 0 spiro atoms. The van der Waals surface area contributed by atoms with Crippen molar-refractivity contribution in [1.29, 1.82) is 0 Å². The van der Waals surface area contributed by atoms with Crippen molar-refractivity contribution in [3.05, 3.63) is 34.1 Å². The van der Waals surface area contributed by atoms with Gasteiger partial charge in [-0.1, -0.05) is 0 Å². The SMILES string of the molecule is Cc1nn(Cc2nccn2C)c(C)c1Br. The molecule has 0 radical (unpaired) electrons. The van der Waals surface area contributed by atoms with Crippen molar-refractivity contribution in [2.75, 3.05) is 0 Å². The second-order valence-corrected chi connectivity index (χ2v) is 4.39. The number of nitrogens with zero attached hydrogens (tertiary/aromatic N) is 4. The first kappa shape index (κ1) is 10.4. The van der Waals surface area contributed by atoms with Crippen LogP contribution in [0.15, 0.2) is 16.9 Å². The first-order chi connectivity index (χ1) is 7.09. The molecule has 4 nitrogen and oxygen atoms in total. The Kier molecular flexibility index (Phi) is 2.65. The number of imidazole rings is 1. The average molecular weight is 269 g/mol. The standard InChI is InChI=1S/C10H13BrN4/c1-7-10(11)8(2)15(13-7)6-9-12-4-5-14(9)3/h4-5H,6H2,1-3H3. The molecular formula is C10H13BrN4. The zero-order valence-corrected chi connectivity index (χ0v) is 10.6. The Morgan fingerprint density at radius 2 is 2.13 bits per heavy atom. The molecule has 2 rings (SSSR count). The molecular weight excluding hydrogens is 256 g/mol. The molecule has 2 aromatic rings. The van der Waals surface area contributed by atoms with Crippen LogP contribution in [-0.2, 0) is 13.6 Å². The lowest BCUT2D eigenvalue weighted by molar-refractivity contribution is 0.612. The maximum atomic E-state index is 4.44. The lowest BCUT2D eigenvalue weighted by atomic mass is 10.4. The molecule has 2 aromatic heterocycles. The van der Waals surface area contributed by atoms with E-state index in [1.54, 1.807) is 6.20 Å². The molecule has 0 aliphatic rings. The van der Waals surface area contributed by atoms with E-state index in [9.17, 15) is 0 Å². The first-order valence-corrected chi connectivity index (χ1v) is 5.54. The third kappa shape index (κ3) is 1.84. The van der Waals surface area contributed by atoms with Gasteiger partial charge in [0, 0.05) is 19.4 Å². The van der Waals surface area contributed by atoms with Gasteiger partial charge in [-0.05, 0) is 29.8 Å². The Bertz CT molecular complexity index is 484. The lowest BCUT2D eigenvalue weighted by Gasteiger charge is -2.04. The molecule has 0 atom stereocenters. The Hall–Kier alpha value is -1.10. The molecule has 0 fully saturated rings. The summed E-state index contributed by atoms with van der Waals surface area (Å²) in [5.74, 6) is 1.01. The second-order valence-electron chi connectivity index (χ2n) is 3.60. The summed E-state index contributed by atoms with van der Waals surface area (Å²) in [5, 5.41) is 4.44. The summed E-state index contributed by atoms with van der Waals surface area (Å²) in [7, 11) is 1.99. The minimum atomic E-state index is 0.710. The molecule has 0 aromatic carbocycles. The van der Waals surface area contributed by atoms with Gasteiger partial charge < -0.3 is 4.57 Å². The number of aryl methyl sites for hydroxylation is 2. The number of aromatic nitrogens is 4. The topological polar surface area (TPSA) is 35.6 Å². The van der Waals surface area contributed by atoms with E-state index in [1.165, 1.54) is 0 Å². The third-order valence-corrected chi connectivity index (χ3v) is 3.65. The third-order valence-electron chi connectivity index (χ3n) is 2.51. The van der Waals surface area contributed by atoms with E-state index in [2.05, 4.69) is 26.0 Å². The smallest absolute Gasteiger partial charge is 0.130 e. The zero-order valence-electron chi connectivity index (χ0n) is 9.03. The van der Waals surface area contributed by atoms with Gasteiger partial charge in [-0.25, -0.2) is 4.98 Å². The number of halogens is 1. The molecule has 0 bridgehead atoms. The highest BCUT2D eigenvalue weighted by molar-refractivity contribution is 9.10. The average Bonchev–Trinajstić information content (AvgIpc) is 2.69. The molecule has 2 heterocycles. The predicted molar refractivity (Wildman–Crippen MR) is 61.7 cm³/mol. The summed E-state index contributed by atoms with van der Waals surface area (Å²) in [4.78, 5) is 4.28. The van der Waals surface area contributed by atoms with Gasteiger partial charge >= 0.3 is 0 Å². The van der Waals surface area contributed by atoms with Crippen LogP contribution < -0.4 is 0 Å². The molecule has 0 unspecified atom stereocenters. The van der Waals surface area contributed by atoms with Crippen LogP contribution >= 0.6 is 15.9 Å².